The van der Waals surface area contributed by atoms with E-state index in [1.54, 1.807) is 0 Å². The molecule has 1 saturated heterocycles. The summed E-state index contributed by atoms with van der Waals surface area (Å²) in [6.07, 6.45) is 1.88. The van der Waals surface area contributed by atoms with Crippen LogP contribution in [0.5, 0.6) is 0 Å². The Hall–Kier alpha value is -1.85. The zero-order chi connectivity index (χ0) is 18.2. The van der Waals surface area contributed by atoms with E-state index in [0.29, 0.717) is 0 Å². The lowest BCUT2D eigenvalue weighted by atomic mass is 9.77. The van der Waals surface area contributed by atoms with Gasteiger partial charge in [-0.1, -0.05) is 30.3 Å². The largest absolute Gasteiger partial charge is 0.496 e. The first-order valence-electron chi connectivity index (χ1n) is 8.77. The lowest BCUT2D eigenvalue weighted by Gasteiger charge is -2.32. The summed E-state index contributed by atoms with van der Waals surface area (Å²) in [5.41, 5.74) is 2.71. The third-order valence-electron chi connectivity index (χ3n) is 5.30. The predicted molar refractivity (Wildman–Crippen MR) is 103 cm³/mol. The Bertz CT molecular complexity index is 731. The third-order valence-corrected chi connectivity index (χ3v) is 5.30. The highest BCUT2D eigenvalue weighted by atomic mass is 16.7. The van der Waals surface area contributed by atoms with Crippen molar-refractivity contribution in [1.29, 1.82) is 0 Å². The second kappa shape index (κ2) is 6.47. The number of rotatable bonds is 4. The van der Waals surface area contributed by atoms with Gasteiger partial charge in [0.2, 0.25) is 0 Å². The summed E-state index contributed by atoms with van der Waals surface area (Å²) >= 11 is 0. The lowest BCUT2D eigenvalue weighted by molar-refractivity contribution is 0.00578. The van der Waals surface area contributed by atoms with Crippen molar-refractivity contribution in [2.45, 2.75) is 52.4 Å². The molecule has 25 heavy (non-hydrogen) atoms. The molecule has 0 atom stereocenters. The normalized spacial score (nSPS) is 18.4. The Morgan fingerprint density at radius 1 is 1.04 bits per heavy atom. The number of benzene rings is 1. The van der Waals surface area contributed by atoms with Crippen LogP contribution in [-0.2, 0) is 15.9 Å². The van der Waals surface area contributed by atoms with Gasteiger partial charge in [0.1, 0.15) is 5.82 Å². The maximum absolute atomic E-state index is 6.15. The molecule has 0 saturated carbocycles. The number of aryl methyl sites for hydroxylation is 1. The van der Waals surface area contributed by atoms with Gasteiger partial charge in [-0.05, 0) is 51.8 Å². The minimum Gasteiger partial charge on any atom is -0.399 e. The number of nitrogens with zero attached hydrogens (tertiary/aromatic N) is 2. The van der Waals surface area contributed by atoms with E-state index in [9.17, 15) is 0 Å². The molecule has 0 bridgehead atoms. The molecule has 0 unspecified atom stereocenters. The fraction of sp³-hybridized carbons (Fsp3) is 0.450. The molecular weight excluding hydrogens is 311 g/mol. The lowest BCUT2D eigenvalue weighted by Crippen LogP contribution is -2.41. The van der Waals surface area contributed by atoms with E-state index in [-0.39, 0.29) is 18.3 Å². The maximum Gasteiger partial charge on any atom is 0.496 e. The molecule has 0 N–H and O–H groups in total. The molecule has 0 spiro atoms. The molecule has 1 aromatic heterocycles. The van der Waals surface area contributed by atoms with Crippen molar-refractivity contribution in [2.75, 3.05) is 11.9 Å². The van der Waals surface area contributed by atoms with E-state index in [4.69, 9.17) is 9.31 Å². The summed E-state index contributed by atoms with van der Waals surface area (Å²) in [6.45, 7) is 11.2. The zero-order valence-corrected chi connectivity index (χ0v) is 16.0. The first-order valence-corrected chi connectivity index (χ1v) is 8.77. The number of hydrogen-bond donors (Lipinski definition) is 0. The van der Waals surface area contributed by atoms with Crippen LogP contribution >= 0.6 is 0 Å². The first-order chi connectivity index (χ1) is 11.7. The van der Waals surface area contributed by atoms with E-state index in [0.717, 1.165) is 23.4 Å². The highest BCUT2D eigenvalue weighted by Gasteiger charge is 2.52. The summed E-state index contributed by atoms with van der Waals surface area (Å²) in [6, 6.07) is 12.5. The zero-order valence-electron chi connectivity index (χ0n) is 16.0. The van der Waals surface area contributed by atoms with Crippen LogP contribution in [0.25, 0.3) is 0 Å². The minimum absolute atomic E-state index is 0.340. The van der Waals surface area contributed by atoms with Gasteiger partial charge in [-0.3, -0.25) is 0 Å². The monoisotopic (exact) mass is 338 g/mol. The van der Waals surface area contributed by atoms with E-state index in [1.165, 1.54) is 5.56 Å². The summed E-state index contributed by atoms with van der Waals surface area (Å²) in [5.74, 6) is 0.946. The highest BCUT2D eigenvalue weighted by Crippen LogP contribution is 2.36. The molecule has 0 amide bonds. The summed E-state index contributed by atoms with van der Waals surface area (Å²) in [5, 5.41) is 0. The average Bonchev–Trinajstić information content (AvgIpc) is 2.76. The molecule has 132 valence electrons. The van der Waals surface area contributed by atoms with Gasteiger partial charge in [-0.2, -0.15) is 0 Å². The Balaban J connectivity index is 1.78. The molecule has 1 aliphatic heterocycles. The molecule has 4 nitrogen and oxygen atoms in total. The third kappa shape index (κ3) is 3.58. The Morgan fingerprint density at radius 2 is 1.64 bits per heavy atom. The van der Waals surface area contributed by atoms with E-state index in [2.05, 4.69) is 81.9 Å². The van der Waals surface area contributed by atoms with Gasteiger partial charge in [-0.25, -0.2) is 4.98 Å². The van der Waals surface area contributed by atoms with Crippen molar-refractivity contribution < 1.29 is 9.31 Å². The van der Waals surface area contributed by atoms with Crippen molar-refractivity contribution in [2.24, 2.45) is 0 Å². The van der Waals surface area contributed by atoms with Crippen molar-refractivity contribution in [1.82, 2.24) is 4.98 Å². The second-order valence-electron chi connectivity index (χ2n) is 7.83. The van der Waals surface area contributed by atoms with Crippen LogP contribution in [0.4, 0.5) is 5.82 Å². The van der Waals surface area contributed by atoms with E-state index < -0.39 is 0 Å². The van der Waals surface area contributed by atoms with Gasteiger partial charge >= 0.3 is 7.12 Å². The molecule has 1 aliphatic rings. The second-order valence-corrected chi connectivity index (χ2v) is 7.83. The fourth-order valence-electron chi connectivity index (χ4n) is 2.92. The van der Waals surface area contributed by atoms with Crippen molar-refractivity contribution in [3.8, 4) is 0 Å². The molecule has 2 heterocycles. The quantitative estimate of drug-likeness (QED) is 0.801. The van der Waals surface area contributed by atoms with Crippen LogP contribution in [0.2, 0.25) is 0 Å². The molecule has 0 aliphatic carbocycles. The van der Waals surface area contributed by atoms with Gasteiger partial charge < -0.3 is 14.2 Å². The van der Waals surface area contributed by atoms with Gasteiger partial charge in [-0.15, -0.1) is 0 Å². The number of anilines is 1. The van der Waals surface area contributed by atoms with E-state index in [1.807, 2.05) is 12.3 Å². The topological polar surface area (TPSA) is 34.6 Å². The van der Waals surface area contributed by atoms with Crippen LogP contribution in [0, 0.1) is 6.92 Å². The summed E-state index contributed by atoms with van der Waals surface area (Å²) in [7, 11) is 1.69. The van der Waals surface area contributed by atoms with Crippen LogP contribution < -0.4 is 10.4 Å². The number of hydrogen-bond acceptors (Lipinski definition) is 4. The number of aromatic nitrogens is 1. The van der Waals surface area contributed by atoms with Crippen LogP contribution in [0.3, 0.4) is 0 Å². The van der Waals surface area contributed by atoms with Crippen LogP contribution in [0.15, 0.2) is 42.6 Å². The molecule has 3 rings (SSSR count). The standard InChI is InChI=1S/C20H27BN2O2/c1-15-12-18(23(6)14-16-10-8-7-9-11-16)22-13-17(15)21-24-19(2,3)20(4,5)25-21/h7-13H,14H2,1-6H3. The predicted octanol–water partition coefficient (Wildman–Crippen LogP) is 3.33. The van der Waals surface area contributed by atoms with Crippen LogP contribution in [0.1, 0.15) is 38.8 Å². The smallest absolute Gasteiger partial charge is 0.399 e. The summed E-state index contributed by atoms with van der Waals surface area (Å²) in [4.78, 5) is 6.79. The fourth-order valence-corrected chi connectivity index (χ4v) is 2.92. The Labute approximate surface area is 151 Å². The van der Waals surface area contributed by atoms with Crippen molar-refractivity contribution in [3.05, 3.63) is 53.7 Å². The molecule has 0 radical (unpaired) electrons. The Kier molecular flexibility index (Phi) is 4.65. The molecule has 1 fully saturated rings. The average molecular weight is 338 g/mol. The first kappa shape index (κ1) is 18.0. The van der Waals surface area contributed by atoms with E-state index >= 15 is 0 Å². The van der Waals surface area contributed by atoms with Crippen molar-refractivity contribution >= 4 is 18.4 Å². The Morgan fingerprint density at radius 3 is 2.20 bits per heavy atom. The van der Waals surface area contributed by atoms with Crippen molar-refractivity contribution in [3.63, 3.8) is 0 Å². The molecule has 1 aromatic carbocycles. The van der Waals surface area contributed by atoms with Gasteiger partial charge in [0.15, 0.2) is 0 Å². The molecule has 2 aromatic rings. The summed E-state index contributed by atoms with van der Waals surface area (Å²) < 4.78 is 12.3. The number of pyridine rings is 1. The molecular formula is C20H27BN2O2. The maximum atomic E-state index is 6.15. The van der Waals surface area contributed by atoms with Gasteiger partial charge in [0.25, 0.3) is 0 Å². The van der Waals surface area contributed by atoms with Crippen LogP contribution in [-0.4, -0.2) is 30.4 Å². The highest BCUT2D eigenvalue weighted by molar-refractivity contribution is 6.62. The SMILES string of the molecule is Cc1cc(N(C)Cc2ccccc2)ncc1B1OC(C)(C)C(C)(C)O1. The minimum atomic E-state index is -0.369. The van der Waals surface area contributed by atoms with Gasteiger partial charge in [0.05, 0.1) is 11.2 Å². The molecule has 5 heteroatoms. The van der Waals surface area contributed by atoms with Gasteiger partial charge in [0, 0.05) is 25.3 Å².